The average Bonchev–Trinajstić information content (AvgIpc) is 2.46. The van der Waals surface area contributed by atoms with Gasteiger partial charge in [0.25, 0.3) is 0 Å². The van der Waals surface area contributed by atoms with Crippen LogP contribution in [0.25, 0.3) is 0 Å². The molecule has 0 amide bonds. The second-order valence-corrected chi connectivity index (χ2v) is 6.17. The van der Waals surface area contributed by atoms with E-state index in [1.165, 1.54) is 57.6 Å². The van der Waals surface area contributed by atoms with Crippen molar-refractivity contribution < 1.29 is 9.18 Å². The lowest BCUT2D eigenvalue weighted by Crippen LogP contribution is -2.47. The zero-order valence-corrected chi connectivity index (χ0v) is 12.1. The molecule has 1 aromatic carbocycles. The van der Waals surface area contributed by atoms with Gasteiger partial charge >= 0.3 is 0 Å². The van der Waals surface area contributed by atoms with E-state index >= 15 is 0 Å². The quantitative estimate of drug-likeness (QED) is 0.754. The molecular formula is C17H22FNO. The molecule has 3 heteroatoms. The van der Waals surface area contributed by atoms with Crippen molar-refractivity contribution >= 4 is 11.5 Å². The lowest BCUT2D eigenvalue weighted by atomic mass is 9.78. The molecule has 1 heterocycles. The maximum Gasteiger partial charge on any atom is 0.161 e. The highest BCUT2D eigenvalue weighted by atomic mass is 19.1. The molecule has 2 nitrogen and oxygen atoms in total. The smallest absolute Gasteiger partial charge is 0.161 e. The summed E-state index contributed by atoms with van der Waals surface area (Å²) in [5.41, 5.74) is 1.48. The summed E-state index contributed by atoms with van der Waals surface area (Å²) < 4.78 is 13.4. The number of nitrogens with zero attached hydrogens (tertiary/aromatic N) is 1. The fourth-order valence-corrected chi connectivity index (χ4v) is 3.96. The van der Waals surface area contributed by atoms with E-state index in [2.05, 4.69) is 4.90 Å². The molecule has 2 atom stereocenters. The van der Waals surface area contributed by atoms with E-state index in [0.717, 1.165) is 18.2 Å². The highest BCUT2D eigenvalue weighted by Crippen LogP contribution is 2.39. The van der Waals surface area contributed by atoms with E-state index in [0.29, 0.717) is 11.6 Å². The van der Waals surface area contributed by atoms with Gasteiger partial charge < -0.3 is 4.90 Å². The maximum absolute atomic E-state index is 13.4. The summed E-state index contributed by atoms with van der Waals surface area (Å²) in [5.74, 6) is 0.385. The largest absolute Gasteiger partial charge is 0.368 e. The highest BCUT2D eigenvalue weighted by molar-refractivity contribution is 5.99. The predicted molar refractivity (Wildman–Crippen MR) is 78.7 cm³/mol. The number of Topliss-reactive ketones (excluding diaryl/α,β-unsaturated/α-hetero) is 1. The zero-order valence-electron chi connectivity index (χ0n) is 12.1. The van der Waals surface area contributed by atoms with Crippen molar-refractivity contribution in [2.45, 2.75) is 51.5 Å². The minimum atomic E-state index is -0.323. The van der Waals surface area contributed by atoms with Crippen molar-refractivity contribution in [1.82, 2.24) is 0 Å². The van der Waals surface area contributed by atoms with Crippen molar-refractivity contribution in [1.29, 1.82) is 0 Å². The summed E-state index contributed by atoms with van der Waals surface area (Å²) in [5, 5.41) is 0. The Bertz CT molecular complexity index is 512. The second-order valence-electron chi connectivity index (χ2n) is 6.17. The summed E-state index contributed by atoms with van der Waals surface area (Å²) in [6.45, 7) is 2.52. The lowest BCUT2D eigenvalue weighted by molar-refractivity contribution is 0.101. The Morgan fingerprint density at radius 2 is 1.95 bits per heavy atom. The Labute approximate surface area is 120 Å². The topological polar surface area (TPSA) is 20.3 Å². The van der Waals surface area contributed by atoms with Crippen molar-refractivity contribution in [3.05, 3.63) is 29.6 Å². The Kier molecular flexibility index (Phi) is 3.77. The fourth-order valence-electron chi connectivity index (χ4n) is 3.96. The van der Waals surface area contributed by atoms with Gasteiger partial charge in [-0.05, 0) is 56.7 Å². The van der Waals surface area contributed by atoms with Crippen molar-refractivity contribution in [2.75, 3.05) is 11.4 Å². The summed E-state index contributed by atoms with van der Waals surface area (Å²) >= 11 is 0. The third-order valence-corrected chi connectivity index (χ3v) is 4.89. The highest BCUT2D eigenvalue weighted by Gasteiger charge is 2.34. The van der Waals surface area contributed by atoms with Crippen LogP contribution in [0.1, 0.15) is 55.8 Å². The van der Waals surface area contributed by atoms with Crippen LogP contribution in [0.15, 0.2) is 18.2 Å². The second kappa shape index (κ2) is 5.55. The van der Waals surface area contributed by atoms with E-state index in [-0.39, 0.29) is 11.6 Å². The first kappa shape index (κ1) is 13.6. The molecule has 0 radical (unpaired) electrons. The van der Waals surface area contributed by atoms with Gasteiger partial charge in [0.1, 0.15) is 5.82 Å². The number of hydrogen-bond donors (Lipinski definition) is 0. The Morgan fingerprint density at radius 1 is 1.20 bits per heavy atom. The molecule has 1 aliphatic heterocycles. The number of fused-ring (bicyclic) bond motifs is 1. The van der Waals surface area contributed by atoms with Gasteiger partial charge in [0.2, 0.25) is 0 Å². The van der Waals surface area contributed by atoms with E-state index in [1.807, 2.05) is 0 Å². The van der Waals surface area contributed by atoms with Gasteiger partial charge in [-0.15, -0.1) is 0 Å². The Hall–Kier alpha value is -1.38. The number of halogens is 1. The molecule has 108 valence electrons. The standard InChI is InChI=1S/C17H22FNO/c1-12(20)15-11-14(18)8-9-17(15)19-10-4-6-13-5-2-3-7-16(13)19/h8-9,11,13,16H,2-7,10H2,1H3/t13-,16-/m1/s1. The molecule has 0 aromatic heterocycles. The summed E-state index contributed by atoms with van der Waals surface area (Å²) in [6, 6.07) is 5.21. The van der Waals surface area contributed by atoms with Crippen LogP contribution in [0.3, 0.4) is 0 Å². The van der Waals surface area contributed by atoms with Gasteiger partial charge in [0, 0.05) is 23.8 Å². The van der Waals surface area contributed by atoms with Crippen molar-refractivity contribution in [3.63, 3.8) is 0 Å². The SMILES string of the molecule is CC(=O)c1cc(F)ccc1N1CCC[C@H]2CCCC[C@H]21. The van der Waals surface area contributed by atoms with Gasteiger partial charge in [-0.2, -0.15) is 0 Å². The minimum absolute atomic E-state index is 0.0440. The molecule has 0 N–H and O–H groups in total. The molecule has 1 aromatic rings. The zero-order chi connectivity index (χ0) is 14.1. The normalized spacial score (nSPS) is 26.2. The first-order valence-electron chi connectivity index (χ1n) is 7.74. The molecule has 3 rings (SSSR count). The molecule has 20 heavy (non-hydrogen) atoms. The van der Waals surface area contributed by atoms with Crippen LogP contribution in [0.2, 0.25) is 0 Å². The number of benzene rings is 1. The van der Waals surface area contributed by atoms with E-state index in [4.69, 9.17) is 0 Å². The summed E-state index contributed by atoms with van der Waals surface area (Å²) in [4.78, 5) is 14.2. The average molecular weight is 275 g/mol. The summed E-state index contributed by atoms with van der Waals surface area (Å²) in [7, 11) is 0. The number of ketones is 1. The van der Waals surface area contributed by atoms with E-state index in [1.54, 1.807) is 6.07 Å². The molecular weight excluding hydrogens is 253 g/mol. The van der Waals surface area contributed by atoms with Crippen LogP contribution in [0, 0.1) is 11.7 Å². The van der Waals surface area contributed by atoms with Gasteiger partial charge in [0.05, 0.1) is 0 Å². The van der Waals surface area contributed by atoms with Crippen LogP contribution in [-0.4, -0.2) is 18.4 Å². The molecule has 0 bridgehead atoms. The van der Waals surface area contributed by atoms with Crippen LogP contribution >= 0.6 is 0 Å². The number of piperidine rings is 1. The summed E-state index contributed by atoms with van der Waals surface area (Å²) in [6.07, 6.45) is 7.59. The van der Waals surface area contributed by atoms with Crippen LogP contribution in [0.5, 0.6) is 0 Å². The molecule has 1 saturated carbocycles. The predicted octanol–water partition coefficient (Wildman–Crippen LogP) is 4.19. The molecule has 2 aliphatic rings. The number of carbonyl (C=O) groups is 1. The van der Waals surface area contributed by atoms with Crippen LogP contribution in [-0.2, 0) is 0 Å². The molecule has 0 spiro atoms. The van der Waals surface area contributed by atoms with Crippen LogP contribution in [0.4, 0.5) is 10.1 Å². The third kappa shape index (κ3) is 2.46. The molecule has 1 saturated heterocycles. The van der Waals surface area contributed by atoms with Gasteiger partial charge in [-0.1, -0.05) is 12.8 Å². The molecule has 0 unspecified atom stereocenters. The monoisotopic (exact) mass is 275 g/mol. The van der Waals surface area contributed by atoms with Crippen molar-refractivity contribution in [3.8, 4) is 0 Å². The van der Waals surface area contributed by atoms with Crippen molar-refractivity contribution in [2.24, 2.45) is 5.92 Å². The number of rotatable bonds is 2. The van der Waals surface area contributed by atoms with Gasteiger partial charge in [0.15, 0.2) is 5.78 Å². The molecule has 1 aliphatic carbocycles. The number of hydrogen-bond acceptors (Lipinski definition) is 2. The molecule has 2 fully saturated rings. The minimum Gasteiger partial charge on any atom is -0.368 e. The Balaban J connectivity index is 1.96. The first-order valence-corrected chi connectivity index (χ1v) is 7.74. The first-order chi connectivity index (χ1) is 9.66. The number of carbonyl (C=O) groups excluding carboxylic acids is 1. The third-order valence-electron chi connectivity index (χ3n) is 4.89. The van der Waals surface area contributed by atoms with E-state index in [9.17, 15) is 9.18 Å². The number of anilines is 1. The van der Waals surface area contributed by atoms with Crippen LogP contribution < -0.4 is 4.90 Å². The lowest BCUT2D eigenvalue weighted by Gasteiger charge is -2.46. The van der Waals surface area contributed by atoms with E-state index < -0.39 is 0 Å². The maximum atomic E-state index is 13.4. The Morgan fingerprint density at radius 3 is 2.75 bits per heavy atom. The fraction of sp³-hybridized carbons (Fsp3) is 0.588. The van der Waals surface area contributed by atoms with Gasteiger partial charge in [-0.25, -0.2) is 4.39 Å². The van der Waals surface area contributed by atoms with Gasteiger partial charge in [-0.3, -0.25) is 4.79 Å².